The number of hydrogen-bond donors (Lipinski definition) is 0. The molecule has 19 heavy (non-hydrogen) atoms. The summed E-state index contributed by atoms with van der Waals surface area (Å²) in [7, 11) is 1.58. The van der Waals surface area contributed by atoms with Crippen LogP contribution in [0.15, 0.2) is 18.2 Å². The normalized spacial score (nSPS) is 10.2. The predicted octanol–water partition coefficient (Wildman–Crippen LogP) is 4.23. The summed E-state index contributed by atoms with van der Waals surface area (Å²) >= 11 is 3.43. The van der Waals surface area contributed by atoms with Gasteiger partial charge in [0.15, 0.2) is 11.5 Å². The van der Waals surface area contributed by atoms with Crippen molar-refractivity contribution >= 4 is 22.2 Å². The van der Waals surface area contributed by atoms with Gasteiger partial charge >= 0.3 is 0 Å². The van der Waals surface area contributed by atoms with Gasteiger partial charge in [0.1, 0.15) is 6.29 Å². The van der Waals surface area contributed by atoms with Gasteiger partial charge in [-0.05, 0) is 31.0 Å². The van der Waals surface area contributed by atoms with E-state index in [1.54, 1.807) is 25.3 Å². The van der Waals surface area contributed by atoms with Gasteiger partial charge in [-0.3, -0.25) is 4.79 Å². The molecule has 0 fully saturated rings. The van der Waals surface area contributed by atoms with Gasteiger partial charge in [0.2, 0.25) is 0 Å². The number of alkyl halides is 1. The van der Waals surface area contributed by atoms with E-state index in [0.29, 0.717) is 23.7 Å². The second-order valence-electron chi connectivity index (χ2n) is 4.33. The highest BCUT2D eigenvalue weighted by molar-refractivity contribution is 9.09. The number of carbonyl (C=O) groups is 1. The van der Waals surface area contributed by atoms with Gasteiger partial charge in [-0.1, -0.05) is 35.2 Å². The molecule has 0 saturated heterocycles. The standard InChI is InChI=1S/C15H21BrO3/c1-18-15-11-13(12-17)7-8-14(15)19-10-6-4-2-3-5-9-16/h7-8,11-12H,2-6,9-10H2,1H3. The molecule has 0 bridgehead atoms. The van der Waals surface area contributed by atoms with Crippen LogP contribution in [0.4, 0.5) is 0 Å². The maximum absolute atomic E-state index is 10.7. The number of aldehydes is 1. The number of halogens is 1. The minimum atomic E-state index is 0.596. The third-order valence-electron chi connectivity index (χ3n) is 2.86. The van der Waals surface area contributed by atoms with Crippen molar-refractivity contribution in [2.45, 2.75) is 32.1 Å². The molecule has 0 aliphatic rings. The number of rotatable bonds is 10. The summed E-state index contributed by atoms with van der Waals surface area (Å²) in [6, 6.07) is 5.21. The largest absolute Gasteiger partial charge is 0.493 e. The molecule has 0 spiro atoms. The molecule has 0 heterocycles. The fourth-order valence-electron chi connectivity index (χ4n) is 1.79. The van der Waals surface area contributed by atoms with Crippen LogP contribution in [0, 0.1) is 0 Å². The average molecular weight is 329 g/mol. The number of methoxy groups -OCH3 is 1. The first kappa shape index (κ1) is 16.0. The molecular formula is C15H21BrO3. The average Bonchev–Trinajstić information content (AvgIpc) is 2.46. The SMILES string of the molecule is COc1cc(C=O)ccc1OCCCCCCCBr. The summed E-state index contributed by atoms with van der Waals surface area (Å²) in [5.41, 5.74) is 0.596. The number of ether oxygens (including phenoxy) is 2. The molecule has 0 saturated carbocycles. The monoisotopic (exact) mass is 328 g/mol. The van der Waals surface area contributed by atoms with Gasteiger partial charge in [-0.2, -0.15) is 0 Å². The first-order chi connectivity index (χ1) is 9.31. The molecular weight excluding hydrogens is 308 g/mol. The molecule has 106 valence electrons. The van der Waals surface area contributed by atoms with Crippen LogP contribution in [-0.4, -0.2) is 25.3 Å². The minimum Gasteiger partial charge on any atom is -0.493 e. The molecule has 0 radical (unpaired) electrons. The Morgan fingerprint density at radius 1 is 1.11 bits per heavy atom. The fraction of sp³-hybridized carbons (Fsp3) is 0.533. The molecule has 1 rings (SSSR count). The molecule has 0 aliphatic heterocycles. The van der Waals surface area contributed by atoms with E-state index < -0.39 is 0 Å². The third kappa shape index (κ3) is 6.10. The molecule has 3 nitrogen and oxygen atoms in total. The van der Waals surface area contributed by atoms with Crippen molar-refractivity contribution in [2.24, 2.45) is 0 Å². The minimum absolute atomic E-state index is 0.596. The van der Waals surface area contributed by atoms with Crippen LogP contribution in [-0.2, 0) is 0 Å². The summed E-state index contributed by atoms with van der Waals surface area (Å²) in [5, 5.41) is 1.09. The topological polar surface area (TPSA) is 35.5 Å². The molecule has 0 N–H and O–H groups in total. The maximum Gasteiger partial charge on any atom is 0.161 e. The van der Waals surface area contributed by atoms with Crippen molar-refractivity contribution in [2.75, 3.05) is 19.0 Å². The summed E-state index contributed by atoms with van der Waals surface area (Å²) in [6.45, 7) is 0.686. The Morgan fingerprint density at radius 2 is 1.84 bits per heavy atom. The zero-order valence-corrected chi connectivity index (χ0v) is 12.9. The van der Waals surface area contributed by atoms with E-state index in [0.717, 1.165) is 18.0 Å². The lowest BCUT2D eigenvalue weighted by molar-refractivity contribution is 0.112. The fourth-order valence-corrected chi connectivity index (χ4v) is 2.18. The third-order valence-corrected chi connectivity index (χ3v) is 3.42. The zero-order chi connectivity index (χ0) is 13.9. The van der Waals surface area contributed by atoms with Crippen LogP contribution in [0.3, 0.4) is 0 Å². The van der Waals surface area contributed by atoms with Crippen molar-refractivity contribution in [1.82, 2.24) is 0 Å². The van der Waals surface area contributed by atoms with Crippen LogP contribution in [0.2, 0.25) is 0 Å². The Labute approximate surface area is 123 Å². The van der Waals surface area contributed by atoms with E-state index in [4.69, 9.17) is 9.47 Å². The maximum atomic E-state index is 10.7. The number of benzene rings is 1. The van der Waals surface area contributed by atoms with Gasteiger partial charge in [-0.25, -0.2) is 0 Å². The van der Waals surface area contributed by atoms with Crippen molar-refractivity contribution in [3.05, 3.63) is 23.8 Å². The smallest absolute Gasteiger partial charge is 0.161 e. The zero-order valence-electron chi connectivity index (χ0n) is 11.4. The van der Waals surface area contributed by atoms with E-state index in [-0.39, 0.29) is 0 Å². The highest BCUT2D eigenvalue weighted by atomic mass is 79.9. The predicted molar refractivity (Wildman–Crippen MR) is 80.8 cm³/mol. The van der Waals surface area contributed by atoms with Crippen molar-refractivity contribution < 1.29 is 14.3 Å². The summed E-state index contributed by atoms with van der Waals surface area (Å²) in [5.74, 6) is 1.32. The number of unbranched alkanes of at least 4 members (excludes halogenated alkanes) is 4. The quantitative estimate of drug-likeness (QED) is 0.366. The van der Waals surface area contributed by atoms with Crippen LogP contribution < -0.4 is 9.47 Å². The molecule has 0 aromatic heterocycles. The summed E-state index contributed by atoms with van der Waals surface area (Å²) in [6.07, 6.45) is 6.78. The van der Waals surface area contributed by atoms with Gasteiger partial charge < -0.3 is 9.47 Å². The Morgan fingerprint density at radius 3 is 2.53 bits per heavy atom. The number of carbonyl (C=O) groups excluding carboxylic acids is 1. The lowest BCUT2D eigenvalue weighted by atomic mass is 10.2. The van der Waals surface area contributed by atoms with Crippen molar-refractivity contribution in [3.63, 3.8) is 0 Å². The Hall–Kier alpha value is -1.03. The highest BCUT2D eigenvalue weighted by Crippen LogP contribution is 2.27. The first-order valence-electron chi connectivity index (χ1n) is 6.63. The second-order valence-corrected chi connectivity index (χ2v) is 5.13. The van der Waals surface area contributed by atoms with Crippen LogP contribution in [0.25, 0.3) is 0 Å². The van der Waals surface area contributed by atoms with Crippen LogP contribution in [0.5, 0.6) is 11.5 Å². The molecule has 4 heteroatoms. The lowest BCUT2D eigenvalue weighted by Crippen LogP contribution is -2.00. The van der Waals surface area contributed by atoms with Gasteiger partial charge in [0, 0.05) is 10.9 Å². The molecule has 0 atom stereocenters. The molecule has 0 aliphatic carbocycles. The Kier molecular flexibility index (Phi) is 8.30. The van der Waals surface area contributed by atoms with Crippen LogP contribution in [0.1, 0.15) is 42.5 Å². The van der Waals surface area contributed by atoms with E-state index in [1.165, 1.54) is 25.7 Å². The van der Waals surface area contributed by atoms with Gasteiger partial charge in [0.05, 0.1) is 13.7 Å². The first-order valence-corrected chi connectivity index (χ1v) is 7.76. The van der Waals surface area contributed by atoms with Crippen molar-refractivity contribution in [3.8, 4) is 11.5 Å². The van der Waals surface area contributed by atoms with Crippen molar-refractivity contribution in [1.29, 1.82) is 0 Å². The van der Waals surface area contributed by atoms with Gasteiger partial charge in [0.25, 0.3) is 0 Å². The number of hydrogen-bond acceptors (Lipinski definition) is 3. The van der Waals surface area contributed by atoms with Gasteiger partial charge in [-0.15, -0.1) is 0 Å². The van der Waals surface area contributed by atoms with E-state index >= 15 is 0 Å². The molecule has 0 amide bonds. The second kappa shape index (κ2) is 9.84. The summed E-state index contributed by atoms with van der Waals surface area (Å²) in [4.78, 5) is 10.7. The van der Waals surface area contributed by atoms with E-state index in [2.05, 4.69) is 15.9 Å². The van der Waals surface area contributed by atoms with E-state index in [1.807, 2.05) is 0 Å². The van der Waals surface area contributed by atoms with Crippen LogP contribution >= 0.6 is 15.9 Å². The lowest BCUT2D eigenvalue weighted by Gasteiger charge is -2.10. The van der Waals surface area contributed by atoms with E-state index in [9.17, 15) is 4.79 Å². The Bertz CT molecular complexity index is 380. The summed E-state index contributed by atoms with van der Waals surface area (Å²) < 4.78 is 10.9. The molecule has 1 aromatic rings. The molecule has 0 unspecified atom stereocenters. The highest BCUT2D eigenvalue weighted by Gasteiger charge is 2.05. The Balaban J connectivity index is 2.30. The molecule has 1 aromatic carbocycles.